The van der Waals surface area contributed by atoms with E-state index in [2.05, 4.69) is 10.3 Å². The van der Waals surface area contributed by atoms with Crippen molar-refractivity contribution in [1.82, 2.24) is 4.57 Å². The number of aryl methyl sites for hydroxylation is 1. The first kappa shape index (κ1) is 19.4. The smallest absolute Gasteiger partial charge is 0.279 e. The molecule has 1 N–H and O–H groups in total. The van der Waals surface area contributed by atoms with Gasteiger partial charge in [-0.05, 0) is 36.4 Å². The molecule has 0 saturated carbocycles. The number of carbonyl (C=O) groups excluding carboxylic acids is 2. The van der Waals surface area contributed by atoms with Crippen molar-refractivity contribution in [3.05, 3.63) is 70.5 Å². The lowest BCUT2D eigenvalue weighted by Crippen LogP contribution is -2.20. The van der Waals surface area contributed by atoms with E-state index in [4.69, 9.17) is 9.47 Å². The number of amides is 2. The second kappa shape index (κ2) is 9.01. The number of benzene rings is 2. The van der Waals surface area contributed by atoms with Gasteiger partial charge < -0.3 is 19.4 Å². The van der Waals surface area contributed by atoms with Crippen LogP contribution in [0.2, 0.25) is 0 Å². The van der Waals surface area contributed by atoms with Crippen LogP contribution in [0.5, 0.6) is 11.5 Å². The van der Waals surface area contributed by atoms with E-state index in [0.717, 1.165) is 0 Å². The number of ether oxygens (including phenoxy) is 2. The van der Waals surface area contributed by atoms with Gasteiger partial charge in [-0.25, -0.2) is 0 Å². The Morgan fingerprint density at radius 2 is 1.93 bits per heavy atom. The minimum absolute atomic E-state index is 0.153. The fourth-order valence-corrected chi connectivity index (χ4v) is 3.05. The van der Waals surface area contributed by atoms with Crippen LogP contribution < -0.4 is 19.6 Å². The summed E-state index contributed by atoms with van der Waals surface area (Å²) in [5.74, 6) is 0.508. The first-order chi connectivity index (χ1) is 13.5. The van der Waals surface area contributed by atoms with E-state index >= 15 is 0 Å². The molecule has 28 heavy (non-hydrogen) atoms. The lowest BCUT2D eigenvalue weighted by molar-refractivity contribution is -0.118. The Labute approximate surface area is 165 Å². The van der Waals surface area contributed by atoms with Crippen molar-refractivity contribution in [2.45, 2.75) is 0 Å². The second-order valence-corrected chi connectivity index (χ2v) is 6.68. The molecule has 0 unspecified atom stereocenters. The maximum atomic E-state index is 12.2. The summed E-state index contributed by atoms with van der Waals surface area (Å²) in [4.78, 5) is 28.9. The summed E-state index contributed by atoms with van der Waals surface area (Å²) >= 11 is 1.39. The molecule has 0 aliphatic heterocycles. The van der Waals surface area contributed by atoms with Gasteiger partial charge in [-0.15, -0.1) is 11.3 Å². The van der Waals surface area contributed by atoms with E-state index < -0.39 is 0 Å². The Morgan fingerprint density at radius 1 is 1.14 bits per heavy atom. The predicted molar refractivity (Wildman–Crippen MR) is 107 cm³/mol. The molecule has 0 fully saturated rings. The van der Waals surface area contributed by atoms with Gasteiger partial charge in [0.2, 0.25) is 0 Å². The van der Waals surface area contributed by atoms with Crippen LogP contribution in [0.3, 0.4) is 0 Å². The lowest BCUT2D eigenvalue weighted by atomic mass is 10.2. The first-order valence-electron chi connectivity index (χ1n) is 8.41. The van der Waals surface area contributed by atoms with Gasteiger partial charge in [0.05, 0.1) is 7.11 Å². The van der Waals surface area contributed by atoms with Crippen molar-refractivity contribution in [2.75, 3.05) is 19.0 Å². The number of thiazole rings is 1. The van der Waals surface area contributed by atoms with Crippen molar-refractivity contribution in [3.63, 3.8) is 0 Å². The number of nitrogens with zero attached hydrogens (tertiary/aromatic N) is 2. The average Bonchev–Trinajstić information content (AvgIpc) is 3.11. The van der Waals surface area contributed by atoms with Crippen molar-refractivity contribution in [2.24, 2.45) is 12.0 Å². The van der Waals surface area contributed by atoms with E-state index in [0.29, 0.717) is 27.6 Å². The molecule has 0 aliphatic carbocycles. The molecule has 144 valence electrons. The molecule has 0 aliphatic rings. The molecule has 0 atom stereocenters. The molecule has 8 heteroatoms. The fourth-order valence-electron chi connectivity index (χ4n) is 2.33. The number of aromatic nitrogens is 1. The van der Waals surface area contributed by atoms with Crippen LogP contribution in [0.4, 0.5) is 5.69 Å². The number of methoxy groups -OCH3 is 1. The standard InChI is InChI=1S/C20H19N3O4S/c1-23-10-11-28-20(23)22-19(25)14-6-8-16(9-7-14)27-13-18(24)21-15-4-3-5-17(12-15)26-2/h3-12H,13H2,1-2H3,(H,21,24). The second-order valence-electron chi connectivity index (χ2n) is 5.81. The minimum Gasteiger partial charge on any atom is -0.497 e. The van der Waals surface area contributed by atoms with Crippen molar-refractivity contribution < 1.29 is 19.1 Å². The minimum atomic E-state index is -0.333. The number of anilines is 1. The molecular weight excluding hydrogens is 378 g/mol. The summed E-state index contributed by atoms with van der Waals surface area (Å²) in [6.07, 6.45) is 1.84. The summed E-state index contributed by atoms with van der Waals surface area (Å²) in [5, 5.41) is 4.59. The van der Waals surface area contributed by atoms with Crippen LogP contribution >= 0.6 is 11.3 Å². The van der Waals surface area contributed by atoms with E-state index in [1.807, 2.05) is 18.6 Å². The SMILES string of the molecule is COc1cccc(NC(=O)COc2ccc(C(=O)N=c3sccn3C)cc2)c1. The third kappa shape index (κ3) is 5.08. The van der Waals surface area contributed by atoms with Crippen LogP contribution in [0.1, 0.15) is 10.4 Å². The highest BCUT2D eigenvalue weighted by Gasteiger charge is 2.07. The number of nitrogens with one attached hydrogen (secondary N) is 1. The largest absolute Gasteiger partial charge is 0.497 e. The van der Waals surface area contributed by atoms with Gasteiger partial charge in [0.15, 0.2) is 11.4 Å². The maximum Gasteiger partial charge on any atom is 0.279 e. The predicted octanol–water partition coefficient (Wildman–Crippen LogP) is 2.85. The van der Waals surface area contributed by atoms with Gasteiger partial charge in [0.1, 0.15) is 11.5 Å². The van der Waals surface area contributed by atoms with Gasteiger partial charge >= 0.3 is 0 Å². The van der Waals surface area contributed by atoms with Gasteiger partial charge in [0, 0.05) is 35.9 Å². The Hall–Kier alpha value is -3.39. The molecular formula is C20H19N3O4S. The molecule has 0 spiro atoms. The Balaban J connectivity index is 1.56. The van der Waals surface area contributed by atoms with Crippen molar-refractivity contribution in [1.29, 1.82) is 0 Å². The summed E-state index contributed by atoms with van der Waals surface area (Å²) in [5.41, 5.74) is 1.07. The summed E-state index contributed by atoms with van der Waals surface area (Å²) in [6, 6.07) is 13.6. The quantitative estimate of drug-likeness (QED) is 0.693. The van der Waals surface area contributed by atoms with Crippen LogP contribution in [0.15, 0.2) is 65.1 Å². The van der Waals surface area contributed by atoms with Gasteiger partial charge in [-0.2, -0.15) is 4.99 Å². The van der Waals surface area contributed by atoms with E-state index in [9.17, 15) is 9.59 Å². The van der Waals surface area contributed by atoms with E-state index in [1.165, 1.54) is 11.3 Å². The molecule has 1 aromatic heterocycles. The fraction of sp³-hybridized carbons (Fsp3) is 0.150. The van der Waals surface area contributed by atoms with E-state index in [1.54, 1.807) is 60.2 Å². The van der Waals surface area contributed by atoms with Crippen molar-refractivity contribution >= 4 is 28.8 Å². The normalized spacial score (nSPS) is 11.1. The first-order valence-corrected chi connectivity index (χ1v) is 9.29. The zero-order chi connectivity index (χ0) is 19.9. The van der Waals surface area contributed by atoms with Crippen LogP contribution in [0.25, 0.3) is 0 Å². The van der Waals surface area contributed by atoms with Crippen molar-refractivity contribution in [3.8, 4) is 11.5 Å². The molecule has 7 nitrogen and oxygen atoms in total. The molecule has 3 aromatic rings. The Kier molecular flexibility index (Phi) is 6.23. The maximum absolute atomic E-state index is 12.2. The highest BCUT2D eigenvalue weighted by Crippen LogP contribution is 2.17. The van der Waals surface area contributed by atoms with Gasteiger partial charge in [-0.1, -0.05) is 6.07 Å². The summed E-state index contributed by atoms with van der Waals surface area (Å²) in [7, 11) is 3.39. The van der Waals surface area contributed by atoms with Crippen LogP contribution in [-0.4, -0.2) is 30.1 Å². The molecule has 0 saturated heterocycles. The highest BCUT2D eigenvalue weighted by atomic mass is 32.1. The third-order valence-electron chi connectivity index (χ3n) is 3.78. The molecule has 2 aromatic carbocycles. The monoisotopic (exact) mass is 397 g/mol. The zero-order valence-corrected chi connectivity index (χ0v) is 16.2. The van der Waals surface area contributed by atoms with Gasteiger partial charge in [0.25, 0.3) is 11.8 Å². The van der Waals surface area contributed by atoms with E-state index in [-0.39, 0.29) is 18.4 Å². The number of hydrogen-bond acceptors (Lipinski definition) is 5. The van der Waals surface area contributed by atoms with Gasteiger partial charge in [-0.3, -0.25) is 9.59 Å². The van der Waals surface area contributed by atoms with Crippen LogP contribution in [-0.2, 0) is 11.8 Å². The molecule has 0 bridgehead atoms. The average molecular weight is 397 g/mol. The molecule has 1 heterocycles. The Morgan fingerprint density at radius 3 is 2.61 bits per heavy atom. The molecule has 3 rings (SSSR count). The number of hydrogen-bond donors (Lipinski definition) is 1. The highest BCUT2D eigenvalue weighted by molar-refractivity contribution is 7.07. The Bertz CT molecular complexity index is 1040. The molecule has 0 radical (unpaired) electrons. The number of carbonyl (C=O) groups is 2. The van der Waals surface area contributed by atoms with Crippen LogP contribution in [0, 0.1) is 0 Å². The zero-order valence-electron chi connectivity index (χ0n) is 15.4. The topological polar surface area (TPSA) is 81.9 Å². The molecule has 2 amide bonds. The third-order valence-corrected chi connectivity index (χ3v) is 4.63. The number of rotatable bonds is 6. The summed E-state index contributed by atoms with van der Waals surface area (Å²) in [6.45, 7) is -0.153. The lowest BCUT2D eigenvalue weighted by Gasteiger charge is -2.08. The summed E-state index contributed by atoms with van der Waals surface area (Å²) < 4.78 is 12.4.